The molecule has 0 radical (unpaired) electrons. The highest BCUT2D eigenvalue weighted by molar-refractivity contribution is 6.11. The second kappa shape index (κ2) is 13.2. The molecule has 2 heterocycles. The molecular weight excluding hydrogens is 705 g/mol. The number of benzene rings is 7. The van der Waals surface area contributed by atoms with Crippen LogP contribution in [0.5, 0.6) is 0 Å². The summed E-state index contributed by atoms with van der Waals surface area (Å²) in [4.78, 5) is 5.45. The van der Waals surface area contributed by atoms with Crippen molar-refractivity contribution in [1.82, 2.24) is 9.55 Å². The summed E-state index contributed by atoms with van der Waals surface area (Å²) in [6.07, 6.45) is 0. The SMILES string of the molecule is CC(C)c1cc(-c2ccc(-c3ccccc3)cc2)cc(C(C)C)c1-n1c(-c2cccc3c2oc2cc4c(cc23)C(C)(C)C(C)(C)c2ccccc2-4)nc2ccccc21. The molecule has 0 atom stereocenters. The van der Waals surface area contributed by atoms with Gasteiger partial charge in [-0.15, -0.1) is 0 Å². The van der Waals surface area contributed by atoms with E-state index in [2.05, 4.69) is 206 Å². The summed E-state index contributed by atoms with van der Waals surface area (Å²) < 4.78 is 9.47. The van der Waals surface area contributed by atoms with Crippen LogP contribution in [0.25, 0.3) is 83.4 Å². The maximum atomic E-state index is 7.05. The third kappa shape index (κ3) is 5.36. The van der Waals surface area contributed by atoms with Crippen LogP contribution in [-0.4, -0.2) is 9.55 Å². The lowest BCUT2D eigenvalue weighted by Gasteiger charge is -2.48. The molecule has 58 heavy (non-hydrogen) atoms. The lowest BCUT2D eigenvalue weighted by molar-refractivity contribution is 0.299. The second-order valence-electron chi connectivity index (χ2n) is 18.0. The number of imidazole rings is 1. The average molecular weight is 755 g/mol. The van der Waals surface area contributed by atoms with E-state index < -0.39 is 0 Å². The Balaban J connectivity index is 1.20. The standard InChI is InChI=1S/C55H50N2O/c1-33(2)42-29-38(37-27-25-36(26-28-37)35-17-10-9-11-18-35)30-43(34(3)4)51(42)57-49-24-15-14-23-48(49)56-53(57)41-21-16-20-40-45-31-47-44(32-50(45)58-52(40)41)39-19-12-13-22-46(39)54(5,6)55(47,7)8/h9-34H,1-8H3. The fraction of sp³-hybridized carbons (Fsp3) is 0.218. The molecule has 0 saturated carbocycles. The van der Waals surface area contributed by atoms with Gasteiger partial charge in [-0.3, -0.25) is 4.57 Å². The molecule has 9 aromatic rings. The second-order valence-corrected chi connectivity index (χ2v) is 18.0. The van der Waals surface area contributed by atoms with E-state index in [1.165, 1.54) is 61.3 Å². The Kier molecular flexibility index (Phi) is 8.22. The van der Waals surface area contributed by atoms with Crippen molar-refractivity contribution in [3.8, 4) is 50.5 Å². The van der Waals surface area contributed by atoms with Gasteiger partial charge in [0.05, 0.1) is 22.3 Å². The quantitative estimate of drug-likeness (QED) is 0.169. The van der Waals surface area contributed by atoms with E-state index in [9.17, 15) is 0 Å². The lowest BCUT2D eigenvalue weighted by Crippen LogP contribution is -2.43. The molecule has 286 valence electrons. The first-order valence-electron chi connectivity index (χ1n) is 20.9. The predicted octanol–water partition coefficient (Wildman–Crippen LogP) is 15.4. The number of hydrogen-bond acceptors (Lipinski definition) is 2. The first-order valence-corrected chi connectivity index (χ1v) is 20.9. The van der Waals surface area contributed by atoms with Gasteiger partial charge < -0.3 is 4.42 Å². The van der Waals surface area contributed by atoms with Crippen molar-refractivity contribution in [3.63, 3.8) is 0 Å². The highest BCUT2D eigenvalue weighted by Gasteiger charge is 2.46. The third-order valence-corrected chi connectivity index (χ3v) is 13.5. The lowest BCUT2D eigenvalue weighted by atomic mass is 9.55. The molecule has 7 aromatic carbocycles. The third-order valence-electron chi connectivity index (χ3n) is 13.5. The van der Waals surface area contributed by atoms with Crippen LogP contribution in [0.1, 0.15) is 89.5 Å². The van der Waals surface area contributed by atoms with Gasteiger partial charge in [0.15, 0.2) is 0 Å². The highest BCUT2D eigenvalue weighted by atomic mass is 16.3. The summed E-state index contributed by atoms with van der Waals surface area (Å²) in [5.41, 5.74) is 18.7. The first kappa shape index (κ1) is 36.2. The number of hydrogen-bond donors (Lipinski definition) is 0. The summed E-state index contributed by atoms with van der Waals surface area (Å²) in [7, 11) is 0. The molecule has 2 aromatic heterocycles. The largest absolute Gasteiger partial charge is 0.455 e. The van der Waals surface area contributed by atoms with E-state index in [1.807, 2.05) is 0 Å². The van der Waals surface area contributed by atoms with Gasteiger partial charge >= 0.3 is 0 Å². The first-order chi connectivity index (χ1) is 27.9. The van der Waals surface area contributed by atoms with Crippen LogP contribution < -0.4 is 0 Å². The number of para-hydroxylation sites is 3. The Labute approximate surface area is 342 Å². The molecule has 0 fully saturated rings. The summed E-state index contributed by atoms with van der Waals surface area (Å²) in [6, 6.07) is 53.2. The van der Waals surface area contributed by atoms with E-state index >= 15 is 0 Å². The van der Waals surface area contributed by atoms with Crippen LogP contribution in [0.2, 0.25) is 0 Å². The number of rotatable bonds is 6. The molecule has 0 bridgehead atoms. The van der Waals surface area contributed by atoms with Gasteiger partial charge in [0, 0.05) is 10.8 Å². The fourth-order valence-electron chi connectivity index (χ4n) is 9.60. The van der Waals surface area contributed by atoms with Crippen molar-refractivity contribution in [1.29, 1.82) is 0 Å². The van der Waals surface area contributed by atoms with Crippen molar-refractivity contribution in [2.24, 2.45) is 0 Å². The minimum atomic E-state index is -0.101. The average Bonchev–Trinajstić information content (AvgIpc) is 3.81. The Bertz CT molecular complexity index is 3020. The fourth-order valence-corrected chi connectivity index (χ4v) is 9.60. The zero-order valence-electron chi connectivity index (χ0n) is 34.8. The number of fused-ring (bicyclic) bond motifs is 7. The molecule has 0 unspecified atom stereocenters. The van der Waals surface area contributed by atoms with Crippen molar-refractivity contribution in [2.75, 3.05) is 0 Å². The zero-order valence-corrected chi connectivity index (χ0v) is 34.8. The minimum absolute atomic E-state index is 0.0523. The Morgan fingerprint density at radius 1 is 0.500 bits per heavy atom. The van der Waals surface area contributed by atoms with Crippen molar-refractivity contribution >= 4 is 33.0 Å². The van der Waals surface area contributed by atoms with Crippen molar-refractivity contribution in [3.05, 3.63) is 168 Å². The van der Waals surface area contributed by atoms with Crippen LogP contribution in [0.4, 0.5) is 0 Å². The maximum Gasteiger partial charge on any atom is 0.149 e. The number of aromatic nitrogens is 2. The van der Waals surface area contributed by atoms with Crippen molar-refractivity contribution in [2.45, 2.75) is 78.1 Å². The van der Waals surface area contributed by atoms with E-state index in [0.717, 1.165) is 44.4 Å². The summed E-state index contributed by atoms with van der Waals surface area (Å²) in [6.45, 7) is 18.8. The van der Waals surface area contributed by atoms with Gasteiger partial charge in [-0.05, 0) is 121 Å². The van der Waals surface area contributed by atoms with E-state index in [0.29, 0.717) is 0 Å². The van der Waals surface area contributed by atoms with Gasteiger partial charge in [0.2, 0.25) is 0 Å². The molecule has 3 heteroatoms. The normalized spacial score (nSPS) is 14.4. The molecule has 1 aliphatic rings. The monoisotopic (exact) mass is 754 g/mol. The van der Waals surface area contributed by atoms with Crippen molar-refractivity contribution < 1.29 is 4.42 Å². The summed E-state index contributed by atoms with van der Waals surface area (Å²) in [5, 5.41) is 2.26. The van der Waals surface area contributed by atoms with Crippen LogP contribution in [-0.2, 0) is 10.8 Å². The Morgan fingerprint density at radius 2 is 1.09 bits per heavy atom. The van der Waals surface area contributed by atoms with E-state index in [4.69, 9.17) is 9.40 Å². The highest BCUT2D eigenvalue weighted by Crippen LogP contribution is 2.55. The zero-order chi connectivity index (χ0) is 40.1. The van der Waals surface area contributed by atoms with Crippen LogP contribution in [0.15, 0.2) is 150 Å². The van der Waals surface area contributed by atoms with Crippen LogP contribution >= 0.6 is 0 Å². The van der Waals surface area contributed by atoms with E-state index in [-0.39, 0.29) is 22.7 Å². The topological polar surface area (TPSA) is 31.0 Å². The van der Waals surface area contributed by atoms with Gasteiger partial charge in [-0.2, -0.15) is 0 Å². The molecule has 10 rings (SSSR count). The van der Waals surface area contributed by atoms with Gasteiger partial charge in [0.25, 0.3) is 0 Å². The molecule has 0 saturated heterocycles. The Morgan fingerprint density at radius 3 is 1.79 bits per heavy atom. The summed E-state index contributed by atoms with van der Waals surface area (Å²) in [5.74, 6) is 1.41. The molecule has 3 nitrogen and oxygen atoms in total. The maximum absolute atomic E-state index is 7.05. The van der Waals surface area contributed by atoms with Gasteiger partial charge in [-0.25, -0.2) is 4.98 Å². The van der Waals surface area contributed by atoms with Crippen LogP contribution in [0, 0.1) is 0 Å². The summed E-state index contributed by atoms with van der Waals surface area (Å²) >= 11 is 0. The molecule has 0 aliphatic heterocycles. The molecular formula is C55H50N2O. The number of nitrogens with zero attached hydrogens (tertiary/aromatic N) is 2. The van der Waals surface area contributed by atoms with Crippen LogP contribution in [0.3, 0.4) is 0 Å². The Hall–Kier alpha value is -6.19. The van der Waals surface area contributed by atoms with Gasteiger partial charge in [0.1, 0.15) is 17.0 Å². The smallest absolute Gasteiger partial charge is 0.149 e. The molecule has 0 spiro atoms. The number of furan rings is 1. The molecule has 0 N–H and O–H groups in total. The van der Waals surface area contributed by atoms with E-state index in [1.54, 1.807) is 0 Å². The predicted molar refractivity (Wildman–Crippen MR) is 244 cm³/mol. The van der Waals surface area contributed by atoms with Gasteiger partial charge in [-0.1, -0.05) is 159 Å². The minimum Gasteiger partial charge on any atom is -0.455 e. The molecule has 0 amide bonds. The molecule has 1 aliphatic carbocycles.